The van der Waals surface area contributed by atoms with Gasteiger partial charge in [0, 0.05) is 12.6 Å². The lowest BCUT2D eigenvalue weighted by Crippen LogP contribution is -2.50. The summed E-state index contributed by atoms with van der Waals surface area (Å²) in [6, 6.07) is 0.303. The Hall–Kier alpha value is -0.770. The van der Waals surface area contributed by atoms with Crippen LogP contribution in [0.4, 0.5) is 4.79 Å². The third kappa shape index (κ3) is 3.61. The molecular formula is C14H26N2O2. The first-order valence-corrected chi connectivity index (χ1v) is 7.12. The van der Waals surface area contributed by atoms with Crippen molar-refractivity contribution in [2.75, 3.05) is 6.54 Å². The van der Waals surface area contributed by atoms with Gasteiger partial charge in [0.1, 0.15) is 5.60 Å². The number of nitrogens with zero attached hydrogens (tertiary/aromatic N) is 1. The van der Waals surface area contributed by atoms with Gasteiger partial charge in [0.05, 0.1) is 6.04 Å². The SMILES string of the molecule is CC(C)(C)OC(=O)N(CC1CC1)[C@@H]1CCC[C@H]1N. The van der Waals surface area contributed by atoms with Crippen molar-refractivity contribution in [2.45, 2.75) is 70.6 Å². The Labute approximate surface area is 110 Å². The van der Waals surface area contributed by atoms with E-state index in [-0.39, 0.29) is 18.2 Å². The maximum absolute atomic E-state index is 12.3. The van der Waals surface area contributed by atoms with Gasteiger partial charge in [0.2, 0.25) is 0 Å². The molecule has 0 unspecified atom stereocenters. The number of ether oxygens (including phenoxy) is 1. The molecule has 4 nitrogen and oxygen atoms in total. The zero-order chi connectivity index (χ0) is 13.3. The molecule has 2 aliphatic rings. The van der Waals surface area contributed by atoms with Crippen LogP contribution in [0, 0.1) is 5.92 Å². The molecule has 104 valence electrons. The fourth-order valence-electron chi connectivity index (χ4n) is 2.60. The minimum absolute atomic E-state index is 0.122. The smallest absolute Gasteiger partial charge is 0.410 e. The average molecular weight is 254 g/mol. The van der Waals surface area contributed by atoms with Crippen molar-refractivity contribution in [3.8, 4) is 0 Å². The second kappa shape index (κ2) is 5.08. The normalized spacial score (nSPS) is 28.2. The molecule has 0 aromatic rings. The van der Waals surface area contributed by atoms with E-state index in [9.17, 15) is 4.79 Å². The van der Waals surface area contributed by atoms with E-state index in [0.29, 0.717) is 5.92 Å². The summed E-state index contributed by atoms with van der Waals surface area (Å²) < 4.78 is 5.52. The van der Waals surface area contributed by atoms with E-state index in [2.05, 4.69) is 0 Å². The molecule has 4 heteroatoms. The van der Waals surface area contributed by atoms with Gasteiger partial charge in [-0.1, -0.05) is 0 Å². The number of carbonyl (C=O) groups is 1. The van der Waals surface area contributed by atoms with Crippen molar-refractivity contribution in [3.63, 3.8) is 0 Å². The van der Waals surface area contributed by atoms with Crippen molar-refractivity contribution in [1.29, 1.82) is 0 Å². The van der Waals surface area contributed by atoms with Gasteiger partial charge in [-0.25, -0.2) is 4.79 Å². The lowest BCUT2D eigenvalue weighted by atomic mass is 10.1. The second-order valence-corrected chi connectivity index (χ2v) is 6.74. The minimum Gasteiger partial charge on any atom is -0.444 e. The largest absolute Gasteiger partial charge is 0.444 e. The highest BCUT2D eigenvalue weighted by Gasteiger charge is 2.38. The molecule has 0 aromatic heterocycles. The predicted molar refractivity (Wildman–Crippen MR) is 71.3 cm³/mol. The molecule has 2 N–H and O–H groups in total. The maximum Gasteiger partial charge on any atom is 0.410 e. The topological polar surface area (TPSA) is 55.6 Å². The molecule has 0 aliphatic heterocycles. The van der Waals surface area contributed by atoms with Gasteiger partial charge < -0.3 is 15.4 Å². The maximum atomic E-state index is 12.3. The van der Waals surface area contributed by atoms with Crippen molar-refractivity contribution < 1.29 is 9.53 Å². The van der Waals surface area contributed by atoms with Crippen LogP contribution in [0.15, 0.2) is 0 Å². The van der Waals surface area contributed by atoms with Gasteiger partial charge in [0.25, 0.3) is 0 Å². The highest BCUT2D eigenvalue weighted by Crippen LogP contribution is 2.33. The summed E-state index contributed by atoms with van der Waals surface area (Å²) in [6.07, 6.45) is 5.46. The molecule has 0 saturated heterocycles. The third-order valence-electron chi connectivity index (χ3n) is 3.71. The first-order valence-electron chi connectivity index (χ1n) is 7.12. The van der Waals surface area contributed by atoms with Crippen LogP contribution >= 0.6 is 0 Å². The van der Waals surface area contributed by atoms with Gasteiger partial charge in [-0.3, -0.25) is 0 Å². The van der Waals surface area contributed by atoms with Gasteiger partial charge in [-0.15, -0.1) is 0 Å². The van der Waals surface area contributed by atoms with Gasteiger partial charge in [-0.05, 0) is 58.8 Å². The van der Waals surface area contributed by atoms with E-state index in [0.717, 1.165) is 25.8 Å². The zero-order valence-corrected chi connectivity index (χ0v) is 11.8. The third-order valence-corrected chi connectivity index (χ3v) is 3.71. The van der Waals surface area contributed by atoms with E-state index in [1.54, 1.807) is 0 Å². The van der Waals surface area contributed by atoms with Crippen LogP contribution in [0.25, 0.3) is 0 Å². The first-order chi connectivity index (χ1) is 8.37. The highest BCUT2D eigenvalue weighted by molar-refractivity contribution is 5.68. The van der Waals surface area contributed by atoms with Gasteiger partial charge in [0.15, 0.2) is 0 Å². The predicted octanol–water partition coefficient (Wildman–Crippen LogP) is 2.51. The van der Waals surface area contributed by atoms with Crippen molar-refractivity contribution in [1.82, 2.24) is 4.90 Å². The number of nitrogens with two attached hydrogens (primary N) is 1. The van der Waals surface area contributed by atoms with E-state index in [4.69, 9.17) is 10.5 Å². The van der Waals surface area contributed by atoms with Crippen molar-refractivity contribution in [3.05, 3.63) is 0 Å². The summed E-state index contributed by atoms with van der Waals surface area (Å²) in [7, 11) is 0. The molecule has 1 amide bonds. The average Bonchev–Trinajstić information content (AvgIpc) is 2.95. The van der Waals surface area contributed by atoms with Crippen LogP contribution in [0.2, 0.25) is 0 Å². The molecule has 2 saturated carbocycles. The molecule has 2 atom stereocenters. The Balaban J connectivity index is 2.01. The van der Waals surface area contributed by atoms with Gasteiger partial charge >= 0.3 is 6.09 Å². The molecule has 0 spiro atoms. The lowest BCUT2D eigenvalue weighted by Gasteiger charge is -2.33. The molecule has 0 heterocycles. The van der Waals surface area contributed by atoms with Crippen molar-refractivity contribution in [2.24, 2.45) is 11.7 Å². The molecular weight excluding hydrogens is 228 g/mol. The second-order valence-electron chi connectivity index (χ2n) is 6.74. The summed E-state index contributed by atoms with van der Waals surface area (Å²) in [5.74, 6) is 0.672. The van der Waals surface area contributed by atoms with E-state index in [1.165, 1.54) is 12.8 Å². The molecule has 2 rings (SSSR count). The van der Waals surface area contributed by atoms with E-state index < -0.39 is 5.60 Å². The quantitative estimate of drug-likeness (QED) is 0.842. The van der Waals surface area contributed by atoms with Crippen LogP contribution in [0.1, 0.15) is 52.9 Å². The molecule has 2 aliphatic carbocycles. The Morgan fingerprint density at radius 2 is 1.94 bits per heavy atom. The fourth-order valence-corrected chi connectivity index (χ4v) is 2.60. The Morgan fingerprint density at radius 1 is 1.28 bits per heavy atom. The summed E-state index contributed by atoms with van der Waals surface area (Å²) in [4.78, 5) is 14.2. The van der Waals surface area contributed by atoms with E-state index in [1.807, 2.05) is 25.7 Å². The van der Waals surface area contributed by atoms with Crippen molar-refractivity contribution >= 4 is 6.09 Å². The number of rotatable bonds is 3. The van der Waals surface area contributed by atoms with Crippen LogP contribution in [0.5, 0.6) is 0 Å². The lowest BCUT2D eigenvalue weighted by molar-refractivity contribution is 0.0139. The standard InChI is InChI=1S/C14H26N2O2/c1-14(2,3)18-13(17)16(9-10-7-8-10)12-6-4-5-11(12)15/h10-12H,4-9,15H2,1-3H3/t11-,12-/m1/s1. The monoisotopic (exact) mass is 254 g/mol. The molecule has 0 bridgehead atoms. The van der Waals surface area contributed by atoms with Crippen LogP contribution in [-0.4, -0.2) is 35.2 Å². The first kappa shape index (κ1) is 13.7. The molecule has 18 heavy (non-hydrogen) atoms. The number of carbonyl (C=O) groups excluding carboxylic acids is 1. The van der Waals surface area contributed by atoms with Crippen LogP contribution in [-0.2, 0) is 4.74 Å². The summed E-state index contributed by atoms with van der Waals surface area (Å²) >= 11 is 0. The summed E-state index contributed by atoms with van der Waals surface area (Å²) in [5.41, 5.74) is 5.70. The highest BCUT2D eigenvalue weighted by atomic mass is 16.6. The Kier molecular flexibility index (Phi) is 3.85. The summed E-state index contributed by atoms with van der Waals surface area (Å²) in [6.45, 7) is 6.56. The molecule has 0 aromatic carbocycles. The molecule has 0 radical (unpaired) electrons. The Bertz CT molecular complexity index is 307. The Morgan fingerprint density at radius 3 is 2.39 bits per heavy atom. The zero-order valence-electron chi connectivity index (χ0n) is 11.8. The van der Waals surface area contributed by atoms with Gasteiger partial charge in [-0.2, -0.15) is 0 Å². The minimum atomic E-state index is -0.429. The van der Waals surface area contributed by atoms with Crippen LogP contribution < -0.4 is 5.73 Å². The van der Waals surface area contributed by atoms with Crippen LogP contribution in [0.3, 0.4) is 0 Å². The summed E-state index contributed by atoms with van der Waals surface area (Å²) in [5, 5.41) is 0. The fraction of sp³-hybridized carbons (Fsp3) is 0.929. The number of amides is 1. The van der Waals surface area contributed by atoms with E-state index >= 15 is 0 Å². The number of hydrogen-bond acceptors (Lipinski definition) is 3. The molecule has 2 fully saturated rings. The number of hydrogen-bond donors (Lipinski definition) is 1.